The topological polar surface area (TPSA) is 44.0 Å². The highest BCUT2D eigenvalue weighted by atomic mass is 35.5. The highest BCUT2D eigenvalue weighted by Gasteiger charge is 2.34. The molecule has 0 saturated heterocycles. The van der Waals surface area contributed by atoms with Crippen LogP contribution in [0.1, 0.15) is 11.3 Å². The van der Waals surface area contributed by atoms with Crippen molar-refractivity contribution < 1.29 is 13.2 Å². The molecule has 0 saturated carbocycles. The first-order valence-electron chi connectivity index (χ1n) is 6.04. The van der Waals surface area contributed by atoms with E-state index in [4.69, 9.17) is 34.8 Å². The van der Waals surface area contributed by atoms with Crippen LogP contribution in [0, 0.1) is 0 Å². The predicted octanol–water partition coefficient (Wildman–Crippen LogP) is 3.57. The van der Waals surface area contributed by atoms with Crippen molar-refractivity contribution >= 4 is 34.8 Å². The molecule has 0 fully saturated rings. The standard InChI is InChI=1S/C13H8Cl3F3N2O2/c1-20-9(13(17,18)19)4-10(22)21(12(20)23)5-6-2-7(14)3-8(15)11(6)16/h2-4H,5H2,1H3. The molecule has 1 heterocycles. The van der Waals surface area contributed by atoms with Gasteiger partial charge in [0.2, 0.25) is 0 Å². The molecular weight excluding hydrogens is 380 g/mol. The van der Waals surface area contributed by atoms with Crippen LogP contribution in [0.15, 0.2) is 27.8 Å². The molecule has 0 aliphatic carbocycles. The average Bonchev–Trinajstić information content (AvgIpc) is 2.42. The molecule has 2 rings (SSSR count). The van der Waals surface area contributed by atoms with E-state index in [-0.39, 0.29) is 27.2 Å². The Morgan fingerprint density at radius 1 is 1.09 bits per heavy atom. The van der Waals surface area contributed by atoms with Crippen LogP contribution in [0.25, 0.3) is 0 Å². The summed E-state index contributed by atoms with van der Waals surface area (Å²) in [6.45, 7) is -0.358. The Kier molecular flexibility index (Phi) is 4.84. The Morgan fingerprint density at radius 2 is 1.70 bits per heavy atom. The van der Waals surface area contributed by atoms with E-state index in [0.717, 1.165) is 7.05 Å². The van der Waals surface area contributed by atoms with E-state index < -0.39 is 23.1 Å². The summed E-state index contributed by atoms with van der Waals surface area (Å²) in [6.07, 6.45) is -4.82. The van der Waals surface area contributed by atoms with Crippen molar-refractivity contribution in [2.75, 3.05) is 0 Å². The molecule has 1 aromatic carbocycles. The molecular formula is C13H8Cl3F3N2O2. The molecule has 0 bridgehead atoms. The van der Waals surface area contributed by atoms with E-state index >= 15 is 0 Å². The third-order valence-electron chi connectivity index (χ3n) is 3.09. The van der Waals surface area contributed by atoms with Crippen LogP contribution in [0.5, 0.6) is 0 Å². The first kappa shape index (κ1) is 17.9. The summed E-state index contributed by atoms with van der Waals surface area (Å²) < 4.78 is 39.3. The minimum Gasteiger partial charge on any atom is -0.292 e. The summed E-state index contributed by atoms with van der Waals surface area (Å²) in [5.74, 6) is 0. The van der Waals surface area contributed by atoms with Gasteiger partial charge in [0.25, 0.3) is 5.56 Å². The number of nitrogens with zero attached hydrogens (tertiary/aromatic N) is 2. The Balaban J connectivity index is 2.62. The third-order valence-corrected chi connectivity index (χ3v) is 4.15. The quantitative estimate of drug-likeness (QED) is 0.740. The third kappa shape index (κ3) is 3.57. The summed E-state index contributed by atoms with van der Waals surface area (Å²) >= 11 is 17.6. The van der Waals surface area contributed by atoms with Gasteiger partial charge in [0.15, 0.2) is 0 Å². The van der Waals surface area contributed by atoms with Crippen molar-refractivity contribution in [3.63, 3.8) is 0 Å². The van der Waals surface area contributed by atoms with Gasteiger partial charge in [-0.3, -0.25) is 13.9 Å². The largest absolute Gasteiger partial charge is 0.431 e. The second-order valence-corrected chi connectivity index (χ2v) is 5.88. The second-order valence-electron chi connectivity index (χ2n) is 4.65. The number of benzene rings is 1. The lowest BCUT2D eigenvalue weighted by atomic mass is 10.2. The Bertz CT molecular complexity index is 888. The van der Waals surface area contributed by atoms with Crippen molar-refractivity contribution in [2.45, 2.75) is 12.7 Å². The van der Waals surface area contributed by atoms with Gasteiger partial charge in [-0.2, -0.15) is 13.2 Å². The van der Waals surface area contributed by atoms with Crippen molar-refractivity contribution in [1.82, 2.24) is 9.13 Å². The average molecular weight is 388 g/mol. The number of rotatable bonds is 2. The van der Waals surface area contributed by atoms with Crippen LogP contribution in [-0.2, 0) is 19.8 Å². The van der Waals surface area contributed by atoms with Crippen LogP contribution in [0.2, 0.25) is 15.1 Å². The summed E-state index contributed by atoms with van der Waals surface area (Å²) in [6, 6.07) is 3.09. The maximum Gasteiger partial charge on any atom is 0.431 e. The zero-order valence-corrected chi connectivity index (χ0v) is 13.7. The van der Waals surface area contributed by atoms with Gasteiger partial charge in [-0.25, -0.2) is 4.79 Å². The fourth-order valence-electron chi connectivity index (χ4n) is 1.98. The van der Waals surface area contributed by atoms with Gasteiger partial charge in [-0.1, -0.05) is 34.8 Å². The lowest BCUT2D eigenvalue weighted by Crippen LogP contribution is -2.41. The molecule has 0 aliphatic heterocycles. The van der Waals surface area contributed by atoms with Crippen LogP contribution in [0.4, 0.5) is 13.2 Å². The van der Waals surface area contributed by atoms with E-state index in [0.29, 0.717) is 15.2 Å². The van der Waals surface area contributed by atoms with Crippen molar-refractivity contribution in [2.24, 2.45) is 7.05 Å². The summed E-state index contributed by atoms with van der Waals surface area (Å²) in [5.41, 5.74) is -3.33. The number of hydrogen-bond donors (Lipinski definition) is 0. The second kappa shape index (κ2) is 6.22. The first-order valence-corrected chi connectivity index (χ1v) is 7.17. The Labute approximate surface area is 142 Å². The van der Waals surface area contributed by atoms with Gasteiger partial charge in [0.05, 0.1) is 16.6 Å². The molecule has 0 spiro atoms. The van der Waals surface area contributed by atoms with E-state index in [1.54, 1.807) is 0 Å². The van der Waals surface area contributed by atoms with Crippen LogP contribution >= 0.6 is 34.8 Å². The minimum absolute atomic E-state index is 0.0601. The van der Waals surface area contributed by atoms with Crippen molar-refractivity contribution in [3.05, 3.63) is 65.4 Å². The molecule has 2 aromatic rings. The smallest absolute Gasteiger partial charge is 0.292 e. The summed E-state index contributed by atoms with van der Waals surface area (Å²) in [7, 11) is 0.924. The van der Waals surface area contributed by atoms with E-state index in [2.05, 4.69) is 0 Å². The highest BCUT2D eigenvalue weighted by molar-refractivity contribution is 6.43. The molecule has 124 valence electrons. The molecule has 4 nitrogen and oxygen atoms in total. The van der Waals surface area contributed by atoms with E-state index in [9.17, 15) is 22.8 Å². The van der Waals surface area contributed by atoms with Gasteiger partial charge < -0.3 is 0 Å². The molecule has 0 amide bonds. The summed E-state index contributed by atoms with van der Waals surface area (Å²) in [4.78, 5) is 23.9. The zero-order valence-electron chi connectivity index (χ0n) is 11.4. The fourth-order valence-corrected chi connectivity index (χ4v) is 2.69. The lowest BCUT2D eigenvalue weighted by Gasteiger charge is -2.14. The first-order chi connectivity index (χ1) is 10.5. The molecule has 10 heteroatoms. The molecule has 0 N–H and O–H groups in total. The van der Waals surface area contributed by atoms with Gasteiger partial charge in [0.1, 0.15) is 5.69 Å². The highest BCUT2D eigenvalue weighted by Crippen LogP contribution is 2.30. The number of halogens is 6. The maximum absolute atomic E-state index is 12.8. The molecule has 1 aromatic heterocycles. The normalized spacial score (nSPS) is 11.8. The van der Waals surface area contributed by atoms with E-state index in [1.165, 1.54) is 12.1 Å². The molecule has 0 atom stereocenters. The van der Waals surface area contributed by atoms with E-state index in [1.807, 2.05) is 0 Å². The van der Waals surface area contributed by atoms with Crippen LogP contribution in [-0.4, -0.2) is 9.13 Å². The van der Waals surface area contributed by atoms with Gasteiger partial charge in [0, 0.05) is 18.1 Å². The van der Waals surface area contributed by atoms with Crippen LogP contribution in [0.3, 0.4) is 0 Å². The van der Waals surface area contributed by atoms with Crippen molar-refractivity contribution in [1.29, 1.82) is 0 Å². The molecule has 0 unspecified atom stereocenters. The number of alkyl halides is 3. The fraction of sp³-hybridized carbons (Fsp3) is 0.231. The summed E-state index contributed by atoms with van der Waals surface area (Å²) in [5, 5.41) is 0.377. The number of aromatic nitrogens is 2. The Hall–Kier alpha value is -1.44. The van der Waals surface area contributed by atoms with Gasteiger partial charge >= 0.3 is 11.9 Å². The van der Waals surface area contributed by atoms with Crippen molar-refractivity contribution in [3.8, 4) is 0 Å². The minimum atomic E-state index is -4.82. The van der Waals surface area contributed by atoms with Crippen LogP contribution < -0.4 is 11.2 Å². The monoisotopic (exact) mass is 386 g/mol. The van der Waals surface area contributed by atoms with Gasteiger partial charge in [-0.05, 0) is 17.7 Å². The molecule has 23 heavy (non-hydrogen) atoms. The number of hydrogen-bond acceptors (Lipinski definition) is 2. The lowest BCUT2D eigenvalue weighted by molar-refractivity contribution is -0.144. The maximum atomic E-state index is 12.8. The SMILES string of the molecule is Cn1c(C(F)(F)F)cc(=O)n(Cc2cc(Cl)cc(Cl)c2Cl)c1=O. The zero-order chi connectivity index (χ0) is 17.5. The Morgan fingerprint density at radius 3 is 2.26 bits per heavy atom. The predicted molar refractivity (Wildman–Crippen MR) is 81.5 cm³/mol. The molecule has 0 radical (unpaired) electrons. The molecule has 0 aliphatic rings. The van der Waals surface area contributed by atoms with Gasteiger partial charge in [-0.15, -0.1) is 0 Å².